The summed E-state index contributed by atoms with van der Waals surface area (Å²) in [5, 5.41) is 5.55. The van der Waals surface area contributed by atoms with Gasteiger partial charge >= 0.3 is 6.18 Å². The highest BCUT2D eigenvalue weighted by Crippen LogP contribution is 2.48. The first-order valence-electron chi connectivity index (χ1n) is 9.53. The number of alkyl halides is 5. The highest BCUT2D eigenvalue weighted by Gasteiger charge is 2.38. The average molecular weight is 508 g/mol. The van der Waals surface area contributed by atoms with Gasteiger partial charge in [-0.3, -0.25) is 14.3 Å². The quantitative estimate of drug-likeness (QED) is 0.457. The normalized spacial score (nSPS) is 14.3. The first kappa shape index (κ1) is 23.4. The molecule has 4 rings (SSSR count). The van der Waals surface area contributed by atoms with E-state index in [2.05, 4.69) is 15.4 Å². The maximum absolute atomic E-state index is 13.3. The third-order valence-electron chi connectivity index (χ3n) is 5.14. The Labute approximate surface area is 191 Å². The third-order valence-corrected chi connectivity index (χ3v) is 6.69. The highest BCUT2D eigenvalue weighted by atomic mass is 35.5. The van der Waals surface area contributed by atoms with Gasteiger partial charge in [0, 0.05) is 5.39 Å². The number of carbonyl (C=O) groups is 2. The van der Waals surface area contributed by atoms with E-state index in [1.165, 1.54) is 13.0 Å². The van der Waals surface area contributed by atoms with E-state index in [-0.39, 0.29) is 27.0 Å². The van der Waals surface area contributed by atoms with Gasteiger partial charge in [0.15, 0.2) is 5.69 Å². The molecule has 1 aliphatic rings. The van der Waals surface area contributed by atoms with Crippen molar-refractivity contribution in [2.45, 2.75) is 44.8 Å². The minimum atomic E-state index is -4.81. The van der Waals surface area contributed by atoms with Crippen LogP contribution in [0.15, 0.2) is 6.07 Å². The molecule has 3 aromatic heterocycles. The molecule has 0 bridgehead atoms. The van der Waals surface area contributed by atoms with E-state index < -0.39 is 47.4 Å². The summed E-state index contributed by atoms with van der Waals surface area (Å²) in [6, 6.07) is 1.24. The van der Waals surface area contributed by atoms with E-state index in [1.54, 1.807) is 0 Å². The predicted molar refractivity (Wildman–Crippen MR) is 111 cm³/mol. The van der Waals surface area contributed by atoms with Gasteiger partial charge in [-0.25, -0.2) is 13.8 Å². The smallest absolute Gasteiger partial charge is 0.365 e. The van der Waals surface area contributed by atoms with Crippen molar-refractivity contribution in [1.82, 2.24) is 14.8 Å². The fraction of sp³-hybridized carbons (Fsp3) is 0.368. The fourth-order valence-electron chi connectivity index (χ4n) is 3.44. The fourth-order valence-corrected chi connectivity index (χ4v) is 4.71. The van der Waals surface area contributed by atoms with Crippen molar-refractivity contribution in [2.24, 2.45) is 5.73 Å². The van der Waals surface area contributed by atoms with E-state index in [4.69, 9.17) is 17.3 Å². The molecule has 0 unspecified atom stereocenters. The van der Waals surface area contributed by atoms with Crippen LogP contribution < -0.4 is 11.1 Å². The van der Waals surface area contributed by atoms with E-state index in [9.17, 15) is 31.5 Å². The molecule has 3 heterocycles. The minimum absolute atomic E-state index is 0.00494. The van der Waals surface area contributed by atoms with Gasteiger partial charge in [-0.2, -0.15) is 18.3 Å². The van der Waals surface area contributed by atoms with Gasteiger partial charge in [-0.15, -0.1) is 11.3 Å². The molecule has 3 aromatic rings. The van der Waals surface area contributed by atoms with Crippen LogP contribution in [0.1, 0.15) is 57.5 Å². The zero-order valence-corrected chi connectivity index (χ0v) is 18.3. The van der Waals surface area contributed by atoms with Crippen molar-refractivity contribution in [3.8, 4) is 0 Å². The summed E-state index contributed by atoms with van der Waals surface area (Å²) < 4.78 is 66.5. The number of nitrogens with zero attached hydrogens (tertiary/aromatic N) is 3. The van der Waals surface area contributed by atoms with Crippen molar-refractivity contribution >= 4 is 50.7 Å². The summed E-state index contributed by atoms with van der Waals surface area (Å²) in [6.07, 6.45) is -6.16. The van der Waals surface area contributed by atoms with Crippen molar-refractivity contribution in [3.63, 3.8) is 0 Å². The lowest BCUT2D eigenvalue weighted by Crippen LogP contribution is -2.22. The number of nitrogens with two attached hydrogens (primary N) is 1. The molecule has 33 heavy (non-hydrogen) atoms. The Morgan fingerprint density at radius 3 is 2.55 bits per heavy atom. The van der Waals surface area contributed by atoms with Crippen LogP contribution in [0.3, 0.4) is 0 Å². The number of hydrogen-bond acceptors (Lipinski definition) is 5. The lowest BCUT2D eigenvalue weighted by molar-refractivity contribution is -0.141. The number of carbonyl (C=O) groups excluding carboxylic acids is 2. The van der Waals surface area contributed by atoms with Gasteiger partial charge < -0.3 is 11.1 Å². The number of nitrogens with one attached hydrogen (secondary N) is 1. The molecule has 0 saturated heterocycles. The second-order valence-electron chi connectivity index (χ2n) is 7.51. The van der Waals surface area contributed by atoms with Gasteiger partial charge in [0.1, 0.15) is 21.9 Å². The molecule has 1 aliphatic carbocycles. The largest absolute Gasteiger partial charge is 0.436 e. The summed E-state index contributed by atoms with van der Waals surface area (Å²) in [7, 11) is 0. The van der Waals surface area contributed by atoms with Gasteiger partial charge in [0.2, 0.25) is 5.91 Å². The van der Waals surface area contributed by atoms with Crippen LogP contribution in [-0.2, 0) is 17.5 Å². The molecule has 176 valence electrons. The third kappa shape index (κ3) is 4.38. The molecule has 14 heteroatoms. The number of fused-ring (bicyclic) bond motifs is 1. The van der Waals surface area contributed by atoms with Gasteiger partial charge in [0.05, 0.1) is 16.4 Å². The number of rotatable bonds is 6. The van der Waals surface area contributed by atoms with Crippen LogP contribution >= 0.6 is 22.9 Å². The second kappa shape index (κ2) is 8.20. The Kier molecular flexibility index (Phi) is 5.81. The summed E-state index contributed by atoms with van der Waals surface area (Å²) in [4.78, 5) is 28.6. The Balaban J connectivity index is 1.73. The molecule has 0 aromatic carbocycles. The summed E-state index contributed by atoms with van der Waals surface area (Å²) in [5.41, 5.74) is 4.07. The molecule has 1 fully saturated rings. The topological polar surface area (TPSA) is 103 Å². The molecule has 2 amide bonds. The first-order valence-corrected chi connectivity index (χ1v) is 10.7. The van der Waals surface area contributed by atoms with Crippen molar-refractivity contribution in [3.05, 3.63) is 38.6 Å². The number of amides is 2. The Hall–Kier alpha value is -2.80. The summed E-state index contributed by atoms with van der Waals surface area (Å²) in [5.74, 6) is -1.76. The number of thiophene rings is 1. The predicted octanol–water partition coefficient (Wildman–Crippen LogP) is 5.03. The molecule has 0 spiro atoms. The maximum Gasteiger partial charge on any atom is 0.436 e. The van der Waals surface area contributed by atoms with E-state index >= 15 is 0 Å². The molecule has 0 aliphatic heterocycles. The zero-order valence-electron chi connectivity index (χ0n) is 16.8. The van der Waals surface area contributed by atoms with Crippen LogP contribution in [0.4, 0.5) is 27.6 Å². The lowest BCUT2D eigenvalue weighted by Gasteiger charge is -2.11. The van der Waals surface area contributed by atoms with Crippen LogP contribution in [0.25, 0.3) is 10.2 Å². The van der Waals surface area contributed by atoms with Crippen molar-refractivity contribution in [2.75, 3.05) is 5.32 Å². The molecule has 0 radical (unpaired) electrons. The number of halogens is 6. The van der Waals surface area contributed by atoms with Gasteiger partial charge in [-0.1, -0.05) is 11.6 Å². The zero-order chi connectivity index (χ0) is 24.2. The Morgan fingerprint density at radius 1 is 1.36 bits per heavy atom. The highest BCUT2D eigenvalue weighted by molar-refractivity contribution is 7.21. The van der Waals surface area contributed by atoms with Gasteiger partial charge in [0.25, 0.3) is 12.3 Å². The van der Waals surface area contributed by atoms with Gasteiger partial charge in [-0.05, 0) is 37.3 Å². The summed E-state index contributed by atoms with van der Waals surface area (Å²) in [6.45, 7) is 0.631. The number of pyridine rings is 1. The van der Waals surface area contributed by atoms with E-state index in [0.29, 0.717) is 10.9 Å². The molecule has 1 saturated carbocycles. The van der Waals surface area contributed by atoms with E-state index in [0.717, 1.165) is 28.9 Å². The van der Waals surface area contributed by atoms with Crippen molar-refractivity contribution < 1.29 is 31.5 Å². The first-order chi connectivity index (χ1) is 15.4. The Morgan fingerprint density at radius 2 is 2.03 bits per heavy atom. The number of anilines is 1. The van der Waals surface area contributed by atoms with Crippen molar-refractivity contribution in [1.29, 1.82) is 0 Å². The number of aromatic nitrogens is 3. The Bertz CT molecular complexity index is 1280. The maximum atomic E-state index is 13.3. The molecule has 3 N–H and O–H groups in total. The lowest BCUT2D eigenvalue weighted by atomic mass is 10.0. The minimum Gasteiger partial charge on any atom is -0.365 e. The van der Waals surface area contributed by atoms with Crippen LogP contribution in [0.5, 0.6) is 0 Å². The average Bonchev–Trinajstić information content (AvgIpc) is 3.44. The molecule has 0 atom stereocenters. The van der Waals surface area contributed by atoms with E-state index in [1.807, 2.05) is 0 Å². The molecule has 7 nitrogen and oxygen atoms in total. The van der Waals surface area contributed by atoms with Crippen LogP contribution in [0.2, 0.25) is 5.02 Å². The monoisotopic (exact) mass is 507 g/mol. The second-order valence-corrected chi connectivity index (χ2v) is 8.89. The number of primary amides is 1. The molecular weight excluding hydrogens is 493 g/mol. The SMILES string of the molecule is Cc1c(Cl)c(C(F)(F)F)nn1CC(=O)Nc1c(C(N)=O)sc2nc(C(F)F)cc(C3CC3)c12. The molecular formula is C19H15ClF5N5O2S. The van der Waals surface area contributed by atoms with Crippen LogP contribution in [0, 0.1) is 6.92 Å². The van der Waals surface area contributed by atoms with Crippen LogP contribution in [-0.4, -0.2) is 26.6 Å². The number of hydrogen-bond donors (Lipinski definition) is 2. The standard InChI is InChI=1S/C19H15ClF5N5O2S/c1-6-12(20)15(19(23,24)25)29-30(6)5-10(31)28-13-11-8(7-2-3-7)4-9(16(21)22)27-18(11)33-14(13)17(26)32/h4,7,16H,2-3,5H2,1H3,(H2,26,32)(H,28,31). The summed E-state index contributed by atoms with van der Waals surface area (Å²) >= 11 is 6.47.